The first kappa shape index (κ1) is 7.48. The van der Waals surface area contributed by atoms with Gasteiger partial charge in [-0.05, 0) is 13.3 Å². The summed E-state index contributed by atoms with van der Waals surface area (Å²) < 4.78 is 0. The van der Waals surface area contributed by atoms with Crippen LogP contribution in [0, 0.1) is 6.42 Å². The molecule has 0 N–H and O–H groups in total. The third-order valence-corrected chi connectivity index (χ3v) is 0.907. The highest BCUT2D eigenvalue weighted by Crippen LogP contribution is 1.98. The van der Waals surface area contributed by atoms with Crippen LogP contribution in [0.2, 0.25) is 0 Å². The molecule has 0 aliphatic heterocycles. The van der Waals surface area contributed by atoms with E-state index in [4.69, 9.17) is 0 Å². The largest absolute Gasteiger partial charge is 0.102 e. The van der Waals surface area contributed by atoms with Gasteiger partial charge in [0.25, 0.3) is 0 Å². The first-order valence-electron chi connectivity index (χ1n) is 2.93. The van der Waals surface area contributed by atoms with E-state index in [2.05, 4.69) is 26.5 Å². The number of rotatable bonds is 3. The Morgan fingerprint density at radius 2 is 2.25 bits per heavy atom. The lowest BCUT2D eigenvalue weighted by atomic mass is 10.2. The molecule has 0 aliphatic rings. The minimum absolute atomic E-state index is 1.11. The van der Waals surface area contributed by atoms with Gasteiger partial charge in [0.2, 0.25) is 0 Å². The fourth-order valence-corrected chi connectivity index (χ4v) is 0.576. The van der Waals surface area contributed by atoms with E-state index in [-0.39, 0.29) is 0 Å². The van der Waals surface area contributed by atoms with Crippen molar-refractivity contribution in [3.8, 4) is 0 Å². The second-order valence-electron chi connectivity index (χ2n) is 1.76. The van der Waals surface area contributed by atoms with Crippen LogP contribution < -0.4 is 0 Å². The molecule has 8 heavy (non-hydrogen) atoms. The predicted molar refractivity (Wildman–Crippen MR) is 38.5 cm³/mol. The molecule has 0 heterocycles. The van der Waals surface area contributed by atoms with Crippen molar-refractivity contribution in [2.24, 2.45) is 0 Å². The predicted octanol–water partition coefficient (Wildman–Crippen LogP) is 2.73. The summed E-state index contributed by atoms with van der Waals surface area (Å²) in [4.78, 5) is 0. The molecule has 0 spiro atoms. The summed E-state index contributed by atoms with van der Waals surface area (Å²) in [6.45, 7) is 7.79. The van der Waals surface area contributed by atoms with Gasteiger partial charge in [-0.2, -0.15) is 0 Å². The van der Waals surface area contributed by atoms with Crippen LogP contribution in [0.25, 0.3) is 0 Å². The third kappa shape index (κ3) is 3.66. The first-order chi connectivity index (χ1) is 3.81. The lowest BCUT2D eigenvalue weighted by Crippen LogP contribution is -1.70. The van der Waals surface area contributed by atoms with Gasteiger partial charge in [0, 0.05) is 6.42 Å². The molecular formula is C8H13. The molecule has 0 saturated carbocycles. The lowest BCUT2D eigenvalue weighted by Gasteiger charge is -1.89. The van der Waals surface area contributed by atoms with E-state index in [9.17, 15) is 0 Å². The molecule has 0 aromatic carbocycles. The molecular weight excluding hydrogens is 96.1 g/mol. The van der Waals surface area contributed by atoms with Crippen molar-refractivity contribution in [2.45, 2.75) is 20.3 Å². The Bertz CT molecular complexity index is 88.2. The molecule has 0 rings (SSSR count). The summed E-state index contributed by atoms with van der Waals surface area (Å²) >= 11 is 0. The second-order valence-corrected chi connectivity index (χ2v) is 1.76. The van der Waals surface area contributed by atoms with Crippen molar-refractivity contribution >= 4 is 0 Å². The maximum Gasteiger partial charge on any atom is 0.00714 e. The van der Waals surface area contributed by atoms with Gasteiger partial charge >= 0.3 is 0 Å². The van der Waals surface area contributed by atoms with Crippen LogP contribution in [0.1, 0.15) is 20.3 Å². The zero-order valence-corrected chi connectivity index (χ0v) is 5.65. The zero-order valence-electron chi connectivity index (χ0n) is 5.65. The summed E-state index contributed by atoms with van der Waals surface area (Å²) in [5, 5.41) is 0. The Labute approximate surface area is 51.9 Å². The molecule has 0 unspecified atom stereocenters. The van der Waals surface area contributed by atoms with Crippen LogP contribution in [0.5, 0.6) is 0 Å². The van der Waals surface area contributed by atoms with E-state index in [0.29, 0.717) is 0 Å². The molecule has 45 valence electrons. The van der Waals surface area contributed by atoms with Crippen LogP contribution in [0.15, 0.2) is 24.3 Å². The van der Waals surface area contributed by atoms with Crippen LogP contribution in [-0.4, -0.2) is 0 Å². The van der Waals surface area contributed by atoms with Crippen LogP contribution >= 0.6 is 0 Å². The average molecular weight is 109 g/mol. The van der Waals surface area contributed by atoms with Gasteiger partial charge in [-0.3, -0.25) is 0 Å². The van der Waals surface area contributed by atoms with Gasteiger partial charge in [0.1, 0.15) is 0 Å². The van der Waals surface area contributed by atoms with Crippen LogP contribution in [-0.2, 0) is 0 Å². The van der Waals surface area contributed by atoms with Crippen molar-refractivity contribution in [3.05, 3.63) is 30.7 Å². The van der Waals surface area contributed by atoms with Gasteiger partial charge in [0.05, 0.1) is 0 Å². The van der Waals surface area contributed by atoms with Crippen molar-refractivity contribution in [1.29, 1.82) is 0 Å². The Morgan fingerprint density at radius 1 is 1.62 bits per heavy atom. The first-order valence-corrected chi connectivity index (χ1v) is 2.93. The summed E-state index contributed by atoms with van der Waals surface area (Å²) in [5.41, 5.74) is 1.29. The Kier molecular flexibility index (Phi) is 4.33. The van der Waals surface area contributed by atoms with Crippen molar-refractivity contribution in [1.82, 2.24) is 0 Å². The average Bonchev–Trinajstić information content (AvgIpc) is 1.68. The van der Waals surface area contributed by atoms with Crippen molar-refractivity contribution < 1.29 is 0 Å². The second kappa shape index (κ2) is 4.63. The molecule has 0 aromatic rings. The molecule has 0 aromatic heterocycles. The smallest absolute Gasteiger partial charge is 0.00714 e. The quantitative estimate of drug-likeness (QED) is 0.522. The topological polar surface area (TPSA) is 0 Å². The highest BCUT2D eigenvalue weighted by Gasteiger charge is 1.79. The normalized spacial score (nSPS) is 11.5. The van der Waals surface area contributed by atoms with Crippen LogP contribution in [0.3, 0.4) is 0 Å². The van der Waals surface area contributed by atoms with Gasteiger partial charge < -0.3 is 0 Å². The van der Waals surface area contributed by atoms with E-state index in [0.717, 1.165) is 6.42 Å². The van der Waals surface area contributed by atoms with E-state index in [1.165, 1.54) is 5.57 Å². The highest BCUT2D eigenvalue weighted by atomic mass is 13.9. The molecule has 0 atom stereocenters. The number of allylic oxidation sites excluding steroid dienone is 3. The van der Waals surface area contributed by atoms with Crippen molar-refractivity contribution in [2.75, 3.05) is 0 Å². The monoisotopic (exact) mass is 109 g/mol. The molecule has 0 nitrogen and oxygen atoms in total. The minimum atomic E-state index is 1.11. The van der Waals surface area contributed by atoms with Crippen LogP contribution in [0.4, 0.5) is 0 Å². The Hall–Kier alpha value is -0.520. The summed E-state index contributed by atoms with van der Waals surface area (Å²) in [5.74, 6) is 0. The molecule has 1 radical (unpaired) electrons. The molecule has 0 aliphatic carbocycles. The van der Waals surface area contributed by atoms with E-state index < -0.39 is 0 Å². The summed E-state index contributed by atoms with van der Waals surface area (Å²) in [6, 6.07) is 0. The van der Waals surface area contributed by atoms with E-state index in [1.54, 1.807) is 0 Å². The fraction of sp³-hybridized carbons (Fsp3) is 0.375. The maximum absolute atomic E-state index is 3.59. The molecule has 0 fully saturated rings. The Balaban J connectivity index is 3.44. The third-order valence-electron chi connectivity index (χ3n) is 0.907. The van der Waals surface area contributed by atoms with E-state index in [1.807, 2.05) is 12.5 Å². The zero-order chi connectivity index (χ0) is 6.41. The van der Waals surface area contributed by atoms with Gasteiger partial charge in [-0.15, -0.1) is 6.58 Å². The SMILES string of the molecule is C=C[CH]/C(C)=C/CC. The molecule has 0 amide bonds. The fourth-order valence-electron chi connectivity index (χ4n) is 0.576. The molecule has 0 bridgehead atoms. The standard InChI is InChI=1S/C8H13/c1-4-6-8(3)7-5-2/h4,6-7H,1,5H2,2-3H3/b8-7+. The lowest BCUT2D eigenvalue weighted by molar-refractivity contribution is 1.19. The van der Waals surface area contributed by atoms with Crippen molar-refractivity contribution in [3.63, 3.8) is 0 Å². The highest BCUT2D eigenvalue weighted by molar-refractivity contribution is 5.16. The number of hydrogen-bond acceptors (Lipinski definition) is 0. The molecule has 0 heteroatoms. The van der Waals surface area contributed by atoms with Gasteiger partial charge in [-0.1, -0.05) is 24.6 Å². The van der Waals surface area contributed by atoms with Gasteiger partial charge in [0.15, 0.2) is 0 Å². The van der Waals surface area contributed by atoms with E-state index >= 15 is 0 Å². The minimum Gasteiger partial charge on any atom is -0.102 e. The summed E-state index contributed by atoms with van der Waals surface area (Å²) in [6.07, 6.45) is 7.09. The van der Waals surface area contributed by atoms with Gasteiger partial charge in [-0.25, -0.2) is 0 Å². The molecule has 0 saturated heterocycles. The summed E-state index contributed by atoms with van der Waals surface area (Å²) in [7, 11) is 0. The maximum atomic E-state index is 3.59. The Morgan fingerprint density at radius 3 is 2.62 bits per heavy atom. The number of hydrogen-bond donors (Lipinski definition) is 0.